The summed E-state index contributed by atoms with van der Waals surface area (Å²) in [4.78, 5) is 13.8. The lowest BCUT2D eigenvalue weighted by Gasteiger charge is -2.05. The van der Waals surface area contributed by atoms with E-state index in [-0.39, 0.29) is 12.5 Å². The van der Waals surface area contributed by atoms with Gasteiger partial charge < -0.3 is 5.32 Å². The number of hydrogen-bond acceptors (Lipinski definition) is 4. The van der Waals surface area contributed by atoms with Crippen molar-refractivity contribution in [1.29, 1.82) is 0 Å². The van der Waals surface area contributed by atoms with Gasteiger partial charge in [-0.2, -0.15) is 5.10 Å². The second-order valence-corrected chi connectivity index (χ2v) is 5.78. The highest BCUT2D eigenvalue weighted by atomic mass is 32.1. The zero-order valence-electron chi connectivity index (χ0n) is 11.5. The Morgan fingerprint density at radius 2 is 1.95 bits per heavy atom. The Bertz CT molecular complexity index is 602. The van der Waals surface area contributed by atoms with Crippen LogP contribution in [0.2, 0.25) is 0 Å². The minimum absolute atomic E-state index is 0.171. The third-order valence-electron chi connectivity index (χ3n) is 2.65. The van der Waals surface area contributed by atoms with Gasteiger partial charge >= 0.3 is 0 Å². The lowest BCUT2D eigenvalue weighted by Crippen LogP contribution is -2.25. The Balaban J connectivity index is 1.75. The number of rotatable bonds is 5. The van der Waals surface area contributed by atoms with Gasteiger partial charge in [0.15, 0.2) is 0 Å². The summed E-state index contributed by atoms with van der Waals surface area (Å²) >= 11 is 1.63. The molecule has 1 aromatic carbocycles. The molecule has 0 spiro atoms. The van der Waals surface area contributed by atoms with Crippen LogP contribution in [0, 0.1) is 13.8 Å². The van der Waals surface area contributed by atoms with Crippen LogP contribution in [0.3, 0.4) is 0 Å². The largest absolute Gasteiger partial charge is 0.376 e. The van der Waals surface area contributed by atoms with Crippen LogP contribution >= 0.6 is 11.3 Å². The number of hydrogen-bond donors (Lipinski definition) is 2. The molecular formula is C15H17N3OS. The smallest absolute Gasteiger partial charge is 0.259 e. The van der Waals surface area contributed by atoms with Gasteiger partial charge in [-0.25, -0.2) is 5.43 Å². The maximum absolute atomic E-state index is 11.6. The molecule has 0 saturated carbocycles. The number of hydrazone groups is 1. The van der Waals surface area contributed by atoms with Crippen molar-refractivity contribution in [2.45, 2.75) is 13.8 Å². The summed E-state index contributed by atoms with van der Waals surface area (Å²) in [6.45, 7) is 4.26. The average Bonchev–Trinajstić information content (AvgIpc) is 2.84. The highest BCUT2D eigenvalue weighted by molar-refractivity contribution is 7.13. The molecule has 2 aromatic rings. The molecule has 4 nitrogen and oxygen atoms in total. The van der Waals surface area contributed by atoms with E-state index in [1.807, 2.05) is 50.2 Å². The van der Waals surface area contributed by atoms with Gasteiger partial charge in [-0.15, -0.1) is 11.3 Å². The number of nitrogens with zero attached hydrogens (tertiary/aromatic N) is 1. The molecule has 2 rings (SSSR count). The van der Waals surface area contributed by atoms with E-state index in [1.54, 1.807) is 17.6 Å². The zero-order valence-corrected chi connectivity index (χ0v) is 12.3. The molecule has 0 saturated heterocycles. The van der Waals surface area contributed by atoms with Crippen LogP contribution in [0.25, 0.3) is 0 Å². The molecule has 104 valence electrons. The van der Waals surface area contributed by atoms with E-state index in [4.69, 9.17) is 0 Å². The summed E-state index contributed by atoms with van der Waals surface area (Å²) in [5.41, 5.74) is 4.61. The lowest BCUT2D eigenvalue weighted by atomic mass is 10.2. The fourth-order valence-electron chi connectivity index (χ4n) is 1.58. The first kappa shape index (κ1) is 14.3. The Kier molecular flexibility index (Phi) is 4.90. The van der Waals surface area contributed by atoms with Gasteiger partial charge in [0.1, 0.15) is 0 Å². The Morgan fingerprint density at radius 3 is 2.60 bits per heavy atom. The SMILES string of the molecule is Cc1ccc(NCC(=O)NN=Cc2ccc(C)s2)cc1. The van der Waals surface area contributed by atoms with Gasteiger partial charge in [0.25, 0.3) is 5.91 Å². The van der Waals surface area contributed by atoms with Crippen LogP contribution in [-0.4, -0.2) is 18.7 Å². The first-order chi connectivity index (χ1) is 9.63. The number of nitrogens with one attached hydrogen (secondary N) is 2. The molecule has 20 heavy (non-hydrogen) atoms. The predicted octanol–water partition coefficient (Wildman–Crippen LogP) is 2.93. The number of anilines is 1. The first-order valence-corrected chi connectivity index (χ1v) is 7.14. The van der Waals surface area contributed by atoms with Gasteiger partial charge in [-0.1, -0.05) is 17.7 Å². The van der Waals surface area contributed by atoms with Crippen LogP contribution in [-0.2, 0) is 4.79 Å². The average molecular weight is 287 g/mol. The molecular weight excluding hydrogens is 270 g/mol. The quantitative estimate of drug-likeness (QED) is 0.656. The molecule has 1 amide bonds. The molecule has 1 heterocycles. The Labute approximate surface area is 122 Å². The summed E-state index contributed by atoms with van der Waals surface area (Å²) in [5.74, 6) is -0.171. The summed E-state index contributed by atoms with van der Waals surface area (Å²) in [7, 11) is 0. The van der Waals surface area contributed by atoms with Gasteiger partial charge in [0, 0.05) is 15.4 Å². The molecule has 0 aliphatic heterocycles. The molecule has 0 bridgehead atoms. The minimum Gasteiger partial charge on any atom is -0.376 e. The second kappa shape index (κ2) is 6.86. The molecule has 2 N–H and O–H groups in total. The van der Waals surface area contributed by atoms with Crippen molar-refractivity contribution in [2.75, 3.05) is 11.9 Å². The Hall–Kier alpha value is -2.14. The van der Waals surface area contributed by atoms with E-state index < -0.39 is 0 Å². The highest BCUT2D eigenvalue weighted by Crippen LogP contribution is 2.12. The van der Waals surface area contributed by atoms with Gasteiger partial charge in [-0.3, -0.25) is 4.79 Å². The molecule has 0 atom stereocenters. The molecule has 0 aliphatic rings. The van der Waals surface area contributed by atoms with Gasteiger partial charge in [0.2, 0.25) is 0 Å². The number of aryl methyl sites for hydroxylation is 2. The third kappa shape index (κ3) is 4.51. The number of benzene rings is 1. The first-order valence-electron chi connectivity index (χ1n) is 6.32. The van der Waals surface area contributed by atoms with E-state index >= 15 is 0 Å². The molecule has 1 aromatic heterocycles. The van der Waals surface area contributed by atoms with Gasteiger partial charge in [-0.05, 0) is 38.1 Å². The van der Waals surface area contributed by atoms with Crippen molar-refractivity contribution >= 4 is 29.1 Å². The zero-order chi connectivity index (χ0) is 14.4. The topological polar surface area (TPSA) is 53.5 Å². The highest BCUT2D eigenvalue weighted by Gasteiger charge is 1.99. The van der Waals surface area contributed by atoms with E-state index in [0.717, 1.165) is 10.6 Å². The fourth-order valence-corrected chi connectivity index (χ4v) is 2.33. The monoisotopic (exact) mass is 287 g/mol. The van der Waals surface area contributed by atoms with Crippen LogP contribution in [0.4, 0.5) is 5.69 Å². The number of thiophene rings is 1. The second-order valence-electron chi connectivity index (χ2n) is 4.46. The van der Waals surface area contributed by atoms with Crippen LogP contribution < -0.4 is 10.7 Å². The summed E-state index contributed by atoms with van der Waals surface area (Å²) < 4.78 is 0. The molecule has 0 radical (unpaired) electrons. The molecule has 5 heteroatoms. The maximum Gasteiger partial charge on any atom is 0.259 e. The normalized spacial score (nSPS) is 10.7. The number of carbonyl (C=O) groups excluding carboxylic acids is 1. The summed E-state index contributed by atoms with van der Waals surface area (Å²) in [6.07, 6.45) is 1.65. The van der Waals surface area contributed by atoms with Crippen molar-refractivity contribution in [3.05, 3.63) is 51.7 Å². The van der Waals surface area contributed by atoms with Gasteiger partial charge in [0.05, 0.1) is 12.8 Å². The summed E-state index contributed by atoms with van der Waals surface area (Å²) in [6, 6.07) is 11.9. The van der Waals surface area contributed by atoms with Crippen molar-refractivity contribution in [3.63, 3.8) is 0 Å². The number of amides is 1. The van der Waals surface area contributed by atoms with Crippen LogP contribution in [0.5, 0.6) is 0 Å². The maximum atomic E-state index is 11.6. The van der Waals surface area contributed by atoms with E-state index in [9.17, 15) is 4.79 Å². The minimum atomic E-state index is -0.171. The molecule has 0 fully saturated rings. The van der Waals surface area contributed by atoms with E-state index in [1.165, 1.54) is 10.4 Å². The lowest BCUT2D eigenvalue weighted by molar-refractivity contribution is -0.119. The predicted molar refractivity (Wildman–Crippen MR) is 84.5 cm³/mol. The standard InChI is InChI=1S/C15H17N3OS/c1-11-3-6-13(7-4-11)16-10-15(19)18-17-9-14-8-5-12(2)20-14/h3-9,16H,10H2,1-2H3,(H,18,19). The van der Waals surface area contributed by atoms with Crippen molar-refractivity contribution in [2.24, 2.45) is 5.10 Å². The third-order valence-corrected chi connectivity index (χ3v) is 3.58. The van der Waals surface area contributed by atoms with Crippen LogP contribution in [0.15, 0.2) is 41.5 Å². The summed E-state index contributed by atoms with van der Waals surface area (Å²) in [5, 5.41) is 6.97. The van der Waals surface area contributed by atoms with Crippen molar-refractivity contribution in [3.8, 4) is 0 Å². The number of carbonyl (C=O) groups is 1. The molecule has 0 aliphatic carbocycles. The van der Waals surface area contributed by atoms with E-state index in [0.29, 0.717) is 0 Å². The van der Waals surface area contributed by atoms with Crippen molar-refractivity contribution < 1.29 is 4.79 Å². The van der Waals surface area contributed by atoms with Crippen LogP contribution in [0.1, 0.15) is 15.3 Å². The fraction of sp³-hybridized carbons (Fsp3) is 0.200. The van der Waals surface area contributed by atoms with Crippen molar-refractivity contribution in [1.82, 2.24) is 5.43 Å². The van der Waals surface area contributed by atoms with E-state index in [2.05, 4.69) is 15.8 Å². The molecule has 0 unspecified atom stereocenters. The Morgan fingerprint density at radius 1 is 1.20 bits per heavy atom.